The molecule has 19 heteroatoms. The normalized spacial score (nSPS) is 21.1. The monoisotopic (exact) mass is 1010 g/mol. The number of anilines is 1. The van der Waals surface area contributed by atoms with Gasteiger partial charge in [-0.25, -0.2) is 9.59 Å². The zero-order valence-corrected chi connectivity index (χ0v) is 41.1. The first-order valence-corrected chi connectivity index (χ1v) is 24.4. The number of hydrogen-bond acceptors (Lipinski definition) is 16. The van der Waals surface area contributed by atoms with Crippen molar-refractivity contribution in [2.24, 2.45) is 22.9 Å². The standard InChI is InChI=1S/C54H64N4O15/c1-4-28-69-54-49(57(24-29-68-30-27-61)53(63)72-39-18-16-38(17-19-39)58(64)65)34-46(56-70-35-36-12-6-5-7-13-36)43-31-37(14-8-10-25-59)42(15-9-11-26-60)50(51(43)54)44-32-41(21-23-47(44)73-54)71-52(62)55-45-22-20-40(66-2)33-48(45)67-3/h4-7,12-13,16-23,31-33,37,42,49-51,59-61H,1,8-11,14-15,24-30,34-35H2,2-3H3,(H,55,62)/t37-,42+,49-,50+,51+,54+/m0/s1. The number of unbranched alkanes of at least 4 members (excludes halogenated alkanes) is 2. The first-order valence-electron chi connectivity index (χ1n) is 24.4. The molecule has 0 unspecified atom stereocenters. The molecule has 1 aliphatic heterocycles. The summed E-state index contributed by atoms with van der Waals surface area (Å²) in [5, 5.41) is 48.9. The van der Waals surface area contributed by atoms with Crippen molar-refractivity contribution < 1.29 is 67.8 Å². The predicted octanol–water partition coefficient (Wildman–Crippen LogP) is 8.57. The zero-order valence-electron chi connectivity index (χ0n) is 41.1. The number of rotatable bonds is 26. The Labute approximate surface area is 424 Å². The van der Waals surface area contributed by atoms with E-state index >= 15 is 0 Å². The third kappa shape index (κ3) is 13.0. The van der Waals surface area contributed by atoms with Gasteiger partial charge in [0.1, 0.15) is 41.4 Å². The Hall–Kier alpha value is -7.03. The van der Waals surface area contributed by atoms with E-state index in [4.69, 9.17) is 43.2 Å². The highest BCUT2D eigenvalue weighted by atomic mass is 16.7. The van der Waals surface area contributed by atoms with Crippen LogP contribution in [0.5, 0.6) is 28.7 Å². The number of benzene rings is 4. The molecule has 7 rings (SSSR count). The summed E-state index contributed by atoms with van der Waals surface area (Å²) in [7, 11) is 3.00. The fourth-order valence-corrected chi connectivity index (χ4v) is 10.1. The summed E-state index contributed by atoms with van der Waals surface area (Å²) in [5.74, 6) is -1.69. The minimum atomic E-state index is -1.71. The topological polar surface area (TPSA) is 239 Å². The number of hydrogen-bond donors (Lipinski definition) is 4. The number of allylic oxidation sites excluding steroid dienone is 1. The molecule has 1 saturated carbocycles. The maximum absolute atomic E-state index is 14.9. The van der Waals surface area contributed by atoms with E-state index in [-0.39, 0.29) is 88.2 Å². The van der Waals surface area contributed by atoms with Gasteiger partial charge in [-0.1, -0.05) is 60.5 Å². The molecule has 0 bridgehead atoms. The molecule has 0 aromatic heterocycles. The molecule has 4 N–H and O–H groups in total. The summed E-state index contributed by atoms with van der Waals surface area (Å²) in [6, 6.07) is 23.7. The summed E-state index contributed by atoms with van der Waals surface area (Å²) in [5.41, 5.74) is 2.98. The molecular formula is C54H64N4O15. The van der Waals surface area contributed by atoms with Crippen LogP contribution in [0.2, 0.25) is 0 Å². The molecule has 0 spiro atoms. The van der Waals surface area contributed by atoms with Crippen molar-refractivity contribution in [1.82, 2.24) is 4.90 Å². The number of aliphatic hydroxyl groups is 3. The van der Waals surface area contributed by atoms with E-state index in [0.717, 1.165) is 11.1 Å². The lowest BCUT2D eigenvalue weighted by molar-refractivity contribution is -0.384. The maximum atomic E-state index is 14.9. The summed E-state index contributed by atoms with van der Waals surface area (Å²) in [6.07, 6.45) is 5.95. The van der Waals surface area contributed by atoms with Crippen LogP contribution in [0.15, 0.2) is 120 Å². The number of nitrogens with zero attached hydrogens (tertiary/aromatic N) is 3. The molecule has 1 heterocycles. The Morgan fingerprint density at radius 1 is 0.890 bits per heavy atom. The van der Waals surface area contributed by atoms with Crippen molar-refractivity contribution in [1.29, 1.82) is 0 Å². The quantitative estimate of drug-likeness (QED) is 0.0199. The molecule has 3 aliphatic rings. The van der Waals surface area contributed by atoms with E-state index in [2.05, 4.69) is 18.0 Å². The van der Waals surface area contributed by atoms with Crippen molar-refractivity contribution in [3.63, 3.8) is 0 Å². The Balaban J connectivity index is 1.40. The predicted molar refractivity (Wildman–Crippen MR) is 269 cm³/mol. The molecule has 2 aliphatic carbocycles. The molecule has 19 nitrogen and oxygen atoms in total. The van der Waals surface area contributed by atoms with Gasteiger partial charge in [0.25, 0.3) is 5.69 Å². The van der Waals surface area contributed by atoms with Gasteiger partial charge in [-0.15, -0.1) is 6.58 Å². The highest BCUT2D eigenvalue weighted by molar-refractivity contribution is 6.03. The average molecular weight is 1010 g/mol. The molecule has 2 amide bonds. The van der Waals surface area contributed by atoms with E-state index in [1.54, 1.807) is 42.5 Å². The van der Waals surface area contributed by atoms with Gasteiger partial charge in [-0.2, -0.15) is 0 Å². The SMILES string of the molecule is C=CCO[C@@]12Oc3ccc(OC(=O)Nc4ccc(OC)cc4OC)cc3[C@H]3[C@H](CCCCO)[C@@H](CCCCO)C=C(C(=NOCc4ccccc4)C[C@@H]1N(CCOCCO)C(=O)Oc1ccc([N+](=O)[O-])cc1)[C@H]32. The molecule has 4 aromatic rings. The second-order valence-corrected chi connectivity index (χ2v) is 17.8. The molecule has 73 heavy (non-hydrogen) atoms. The summed E-state index contributed by atoms with van der Waals surface area (Å²) >= 11 is 0. The number of amides is 2. The van der Waals surface area contributed by atoms with Crippen LogP contribution in [-0.4, -0.2) is 115 Å². The summed E-state index contributed by atoms with van der Waals surface area (Å²) < 4.78 is 42.9. The van der Waals surface area contributed by atoms with Crippen LogP contribution in [0, 0.1) is 27.9 Å². The first-order chi connectivity index (χ1) is 35.6. The number of ether oxygens (including phenoxy) is 7. The van der Waals surface area contributed by atoms with Crippen LogP contribution >= 0.6 is 0 Å². The number of methoxy groups -OCH3 is 2. The van der Waals surface area contributed by atoms with Crippen molar-refractivity contribution in [3.8, 4) is 28.7 Å². The van der Waals surface area contributed by atoms with E-state index in [1.807, 2.05) is 30.3 Å². The smallest absolute Gasteiger partial charge is 0.417 e. The number of carbonyl (C=O) groups excluding carboxylic acids is 2. The van der Waals surface area contributed by atoms with Crippen LogP contribution < -0.4 is 29.0 Å². The molecule has 0 radical (unpaired) electrons. The van der Waals surface area contributed by atoms with Crippen LogP contribution in [0.3, 0.4) is 0 Å². The highest BCUT2D eigenvalue weighted by Gasteiger charge is 2.65. The first kappa shape index (κ1) is 53.8. The Morgan fingerprint density at radius 2 is 1.63 bits per heavy atom. The number of carbonyl (C=O) groups is 2. The Bertz CT molecular complexity index is 2560. The van der Waals surface area contributed by atoms with E-state index in [9.17, 15) is 35.0 Å². The number of non-ortho nitro benzene ring substituents is 1. The van der Waals surface area contributed by atoms with Gasteiger partial charge in [0, 0.05) is 55.9 Å². The minimum Gasteiger partial charge on any atom is -0.497 e. The number of nitro groups is 1. The van der Waals surface area contributed by atoms with Gasteiger partial charge in [0.05, 0.1) is 62.9 Å². The third-order valence-electron chi connectivity index (χ3n) is 13.3. The number of nitro benzene ring substituents is 1. The third-order valence-corrected chi connectivity index (χ3v) is 13.3. The second-order valence-electron chi connectivity index (χ2n) is 17.8. The largest absolute Gasteiger partial charge is 0.497 e. The fraction of sp³-hybridized carbons (Fsp3) is 0.426. The number of fused-ring (bicyclic) bond motifs is 2. The lowest BCUT2D eigenvalue weighted by Crippen LogP contribution is -2.70. The van der Waals surface area contributed by atoms with Gasteiger partial charge < -0.3 is 53.3 Å². The molecule has 6 atom stereocenters. The van der Waals surface area contributed by atoms with Crippen molar-refractivity contribution >= 4 is 29.3 Å². The van der Waals surface area contributed by atoms with E-state index < -0.39 is 40.8 Å². The van der Waals surface area contributed by atoms with Gasteiger partial charge >= 0.3 is 12.2 Å². The van der Waals surface area contributed by atoms with E-state index in [1.165, 1.54) is 43.4 Å². The number of nitrogens with one attached hydrogen (secondary N) is 1. The van der Waals surface area contributed by atoms with Crippen LogP contribution in [-0.2, 0) is 20.9 Å². The molecular weight excluding hydrogens is 945 g/mol. The van der Waals surface area contributed by atoms with E-state index in [0.29, 0.717) is 72.7 Å². The lowest BCUT2D eigenvalue weighted by atomic mass is 9.55. The minimum absolute atomic E-state index is 0.0143. The Morgan fingerprint density at radius 3 is 2.33 bits per heavy atom. The molecule has 1 fully saturated rings. The maximum Gasteiger partial charge on any atom is 0.417 e. The summed E-state index contributed by atoms with van der Waals surface area (Å²) in [6.45, 7) is 3.66. The fourth-order valence-electron chi connectivity index (χ4n) is 10.1. The number of oxime groups is 1. The molecule has 390 valence electrons. The average Bonchev–Trinajstić information content (AvgIpc) is 3.40. The van der Waals surface area contributed by atoms with Crippen LogP contribution in [0.25, 0.3) is 0 Å². The van der Waals surface area contributed by atoms with Gasteiger partial charge in [0.15, 0.2) is 0 Å². The second kappa shape index (κ2) is 26.1. The van der Waals surface area contributed by atoms with Crippen LogP contribution in [0.1, 0.15) is 62.0 Å². The van der Waals surface area contributed by atoms with Crippen molar-refractivity contribution in [3.05, 3.63) is 137 Å². The summed E-state index contributed by atoms with van der Waals surface area (Å²) in [4.78, 5) is 47.2. The molecule has 0 saturated heterocycles. The number of aliphatic hydroxyl groups excluding tert-OH is 3. The van der Waals surface area contributed by atoms with Gasteiger partial charge in [0.2, 0.25) is 5.79 Å². The zero-order chi connectivity index (χ0) is 51.7. The Kier molecular flexibility index (Phi) is 19.2. The van der Waals surface area contributed by atoms with Crippen molar-refractivity contribution in [2.45, 2.75) is 69.3 Å². The molecule has 4 aromatic carbocycles. The lowest BCUT2D eigenvalue weighted by Gasteiger charge is -2.59. The van der Waals surface area contributed by atoms with Gasteiger partial charge in [-0.3, -0.25) is 20.3 Å². The van der Waals surface area contributed by atoms with Gasteiger partial charge in [-0.05, 0) is 91.1 Å². The van der Waals surface area contributed by atoms with Crippen molar-refractivity contribution in [2.75, 3.05) is 65.7 Å². The van der Waals surface area contributed by atoms with Crippen LogP contribution in [0.4, 0.5) is 21.0 Å². The highest BCUT2D eigenvalue weighted by Crippen LogP contribution is 2.62.